The minimum absolute atomic E-state index is 0.230. The van der Waals surface area contributed by atoms with Gasteiger partial charge in [0.25, 0.3) is 0 Å². The number of aliphatic hydroxyl groups excluding tert-OH is 1. The molecule has 1 saturated heterocycles. The predicted octanol–water partition coefficient (Wildman–Crippen LogP) is 2.59. The highest BCUT2D eigenvalue weighted by Gasteiger charge is 2.27. The predicted molar refractivity (Wildman–Crippen MR) is 84.7 cm³/mol. The van der Waals surface area contributed by atoms with Gasteiger partial charge in [-0.05, 0) is 37.2 Å². The maximum Gasteiger partial charge on any atom is 0.318 e. The van der Waals surface area contributed by atoms with E-state index in [0.29, 0.717) is 17.8 Å². The van der Waals surface area contributed by atoms with Crippen LogP contribution in [0.4, 0.5) is 6.01 Å². The Morgan fingerprint density at radius 3 is 2.59 bits per heavy atom. The molecule has 1 unspecified atom stereocenters. The largest absolute Gasteiger partial charge is 0.408 e. The minimum Gasteiger partial charge on any atom is -0.408 e. The van der Waals surface area contributed by atoms with Crippen LogP contribution in [0.25, 0.3) is 0 Å². The van der Waals surface area contributed by atoms with Crippen molar-refractivity contribution in [3.8, 4) is 0 Å². The van der Waals surface area contributed by atoms with Gasteiger partial charge in [-0.25, -0.2) is 0 Å². The van der Waals surface area contributed by atoms with E-state index in [-0.39, 0.29) is 6.10 Å². The molecule has 0 spiro atoms. The average Bonchev–Trinajstić information content (AvgIpc) is 3.00. The summed E-state index contributed by atoms with van der Waals surface area (Å²) in [4.78, 5) is 2.11. The molecule has 5 heteroatoms. The summed E-state index contributed by atoms with van der Waals surface area (Å²) in [6.45, 7) is 3.54. The second-order valence-corrected chi connectivity index (χ2v) is 6.02. The highest BCUT2D eigenvalue weighted by Crippen LogP contribution is 2.26. The molecule has 2 heterocycles. The molecule has 22 heavy (non-hydrogen) atoms. The van der Waals surface area contributed by atoms with Gasteiger partial charge in [0.15, 0.2) is 0 Å². The lowest BCUT2D eigenvalue weighted by molar-refractivity contribution is 0.0844. The number of nitrogens with zero attached hydrogens (tertiary/aromatic N) is 3. The molecular weight excluding hydrogens is 278 g/mol. The fraction of sp³-hybridized carbons (Fsp3) is 0.529. The molecule has 3 rings (SSSR count). The standard InChI is InChI=1S/C17H23N3O2/c1-13-18-19-17(22-13)20-11-9-15(10-12-20)16(21)8-7-14-5-3-2-4-6-14/h2-6,15-16,21H,7-12H2,1H3. The van der Waals surface area contributed by atoms with Gasteiger partial charge in [0.2, 0.25) is 5.89 Å². The molecule has 118 valence electrons. The van der Waals surface area contributed by atoms with Crippen LogP contribution >= 0.6 is 0 Å². The van der Waals surface area contributed by atoms with Gasteiger partial charge in [0, 0.05) is 20.0 Å². The van der Waals surface area contributed by atoms with E-state index < -0.39 is 0 Å². The van der Waals surface area contributed by atoms with E-state index in [2.05, 4.69) is 27.2 Å². The fourth-order valence-corrected chi connectivity index (χ4v) is 3.08. The minimum atomic E-state index is -0.230. The summed E-state index contributed by atoms with van der Waals surface area (Å²) >= 11 is 0. The third-order valence-electron chi connectivity index (χ3n) is 4.44. The highest BCUT2D eigenvalue weighted by molar-refractivity contribution is 5.24. The second kappa shape index (κ2) is 6.92. The maximum absolute atomic E-state index is 10.4. The number of hydrogen-bond donors (Lipinski definition) is 1. The van der Waals surface area contributed by atoms with Gasteiger partial charge in [0.1, 0.15) is 0 Å². The first kappa shape index (κ1) is 15.0. The first-order valence-electron chi connectivity index (χ1n) is 7.99. The average molecular weight is 301 g/mol. The van der Waals surface area contributed by atoms with Crippen LogP contribution in [0, 0.1) is 12.8 Å². The van der Waals surface area contributed by atoms with Crippen LogP contribution in [-0.2, 0) is 6.42 Å². The second-order valence-electron chi connectivity index (χ2n) is 6.02. The van der Waals surface area contributed by atoms with Crippen molar-refractivity contribution in [2.45, 2.75) is 38.7 Å². The Labute approximate surface area is 131 Å². The molecule has 1 aliphatic heterocycles. The molecule has 1 N–H and O–H groups in total. The Kier molecular flexibility index (Phi) is 4.73. The monoisotopic (exact) mass is 301 g/mol. The number of aromatic nitrogens is 2. The van der Waals surface area contributed by atoms with Gasteiger partial charge in [-0.2, -0.15) is 0 Å². The zero-order valence-corrected chi connectivity index (χ0v) is 13.0. The van der Waals surface area contributed by atoms with Crippen molar-refractivity contribution >= 4 is 6.01 Å². The molecule has 1 aromatic carbocycles. The van der Waals surface area contributed by atoms with E-state index in [1.165, 1.54) is 5.56 Å². The van der Waals surface area contributed by atoms with Crippen molar-refractivity contribution in [2.24, 2.45) is 5.92 Å². The van der Waals surface area contributed by atoms with Crippen LogP contribution in [0.3, 0.4) is 0 Å². The summed E-state index contributed by atoms with van der Waals surface area (Å²) in [6, 6.07) is 11.0. The smallest absolute Gasteiger partial charge is 0.318 e. The van der Waals surface area contributed by atoms with Crippen molar-refractivity contribution in [3.63, 3.8) is 0 Å². The zero-order valence-electron chi connectivity index (χ0n) is 13.0. The third-order valence-corrected chi connectivity index (χ3v) is 4.44. The number of rotatable bonds is 5. The van der Waals surface area contributed by atoms with Crippen molar-refractivity contribution < 1.29 is 9.52 Å². The first-order valence-corrected chi connectivity index (χ1v) is 7.99. The van der Waals surface area contributed by atoms with Gasteiger partial charge < -0.3 is 14.4 Å². The van der Waals surface area contributed by atoms with Crippen molar-refractivity contribution in [1.82, 2.24) is 10.2 Å². The number of benzene rings is 1. The van der Waals surface area contributed by atoms with Crippen LogP contribution in [0.2, 0.25) is 0 Å². The zero-order chi connectivity index (χ0) is 15.4. The number of piperidine rings is 1. The van der Waals surface area contributed by atoms with Gasteiger partial charge in [0.05, 0.1) is 6.10 Å². The summed E-state index contributed by atoms with van der Waals surface area (Å²) in [6.07, 6.45) is 3.47. The van der Waals surface area contributed by atoms with Crippen molar-refractivity contribution in [1.29, 1.82) is 0 Å². The summed E-state index contributed by atoms with van der Waals surface area (Å²) in [5.74, 6) is 0.962. The molecule has 1 fully saturated rings. The van der Waals surface area contributed by atoms with E-state index in [1.54, 1.807) is 6.92 Å². The number of hydrogen-bond acceptors (Lipinski definition) is 5. The van der Waals surface area contributed by atoms with E-state index in [9.17, 15) is 5.11 Å². The lowest BCUT2D eigenvalue weighted by atomic mass is 9.88. The van der Waals surface area contributed by atoms with E-state index >= 15 is 0 Å². The molecular formula is C17H23N3O2. The normalized spacial score (nSPS) is 17.6. The Hall–Kier alpha value is -1.88. The topological polar surface area (TPSA) is 62.4 Å². The number of aryl methyl sites for hydroxylation is 2. The summed E-state index contributed by atoms with van der Waals surface area (Å²) in [5.41, 5.74) is 1.29. The van der Waals surface area contributed by atoms with E-state index in [1.807, 2.05) is 18.2 Å². The van der Waals surface area contributed by atoms with Crippen LogP contribution in [0.1, 0.15) is 30.7 Å². The molecule has 0 saturated carbocycles. The van der Waals surface area contributed by atoms with Crippen LogP contribution in [0.5, 0.6) is 0 Å². The van der Waals surface area contributed by atoms with Crippen molar-refractivity contribution in [3.05, 3.63) is 41.8 Å². The summed E-state index contributed by atoms with van der Waals surface area (Å²) in [7, 11) is 0. The van der Waals surface area contributed by atoms with Crippen LogP contribution in [0.15, 0.2) is 34.7 Å². The van der Waals surface area contributed by atoms with Gasteiger partial charge >= 0.3 is 6.01 Å². The van der Waals surface area contributed by atoms with Crippen molar-refractivity contribution in [2.75, 3.05) is 18.0 Å². The first-order chi connectivity index (χ1) is 10.7. The number of anilines is 1. The van der Waals surface area contributed by atoms with Crippen LogP contribution in [-0.4, -0.2) is 34.5 Å². The fourth-order valence-electron chi connectivity index (χ4n) is 3.08. The quantitative estimate of drug-likeness (QED) is 0.919. The molecule has 1 atom stereocenters. The van der Waals surface area contributed by atoms with Gasteiger partial charge in [-0.1, -0.05) is 35.4 Å². The lowest BCUT2D eigenvalue weighted by Gasteiger charge is -2.33. The molecule has 0 amide bonds. The van der Waals surface area contributed by atoms with E-state index in [4.69, 9.17) is 4.42 Å². The Morgan fingerprint density at radius 1 is 1.23 bits per heavy atom. The Bertz CT molecular complexity index is 577. The molecule has 1 aromatic heterocycles. The van der Waals surface area contributed by atoms with Crippen LogP contribution < -0.4 is 4.90 Å². The summed E-state index contributed by atoms with van der Waals surface area (Å²) < 4.78 is 5.47. The summed E-state index contributed by atoms with van der Waals surface area (Å²) in [5, 5.41) is 18.4. The molecule has 1 aliphatic rings. The van der Waals surface area contributed by atoms with E-state index in [0.717, 1.165) is 38.8 Å². The SMILES string of the molecule is Cc1nnc(N2CCC(C(O)CCc3ccccc3)CC2)o1. The molecule has 5 nitrogen and oxygen atoms in total. The molecule has 0 bridgehead atoms. The van der Waals surface area contributed by atoms with Gasteiger partial charge in [-0.3, -0.25) is 0 Å². The molecule has 0 aliphatic carbocycles. The Morgan fingerprint density at radius 2 is 1.95 bits per heavy atom. The van der Waals surface area contributed by atoms with Gasteiger partial charge in [-0.15, -0.1) is 5.10 Å². The molecule has 0 radical (unpaired) electrons. The highest BCUT2D eigenvalue weighted by atomic mass is 16.4. The number of aliphatic hydroxyl groups is 1. The third kappa shape index (κ3) is 3.65. The maximum atomic E-state index is 10.4. The molecule has 2 aromatic rings. The lowest BCUT2D eigenvalue weighted by Crippen LogP contribution is -2.38. The Balaban J connectivity index is 1.46.